The molecule has 6 heteroatoms. The monoisotopic (exact) mass is 310 g/mol. The lowest BCUT2D eigenvalue weighted by Gasteiger charge is -2.10. The number of ether oxygens (including phenoxy) is 2. The minimum atomic E-state index is -0.764. The van der Waals surface area contributed by atoms with Crippen LogP contribution in [0.3, 0.4) is 0 Å². The van der Waals surface area contributed by atoms with Gasteiger partial charge in [0.15, 0.2) is 12.1 Å². The van der Waals surface area contributed by atoms with E-state index in [1.807, 2.05) is 0 Å². The number of halogens is 1. The summed E-state index contributed by atoms with van der Waals surface area (Å²) in [7, 11) is 0. The highest BCUT2D eigenvalue weighted by atomic mass is 35.5. The highest BCUT2D eigenvalue weighted by Gasteiger charge is 2.28. The fourth-order valence-corrected chi connectivity index (χ4v) is 3.17. The zero-order chi connectivity index (χ0) is 14.1. The van der Waals surface area contributed by atoms with E-state index >= 15 is 0 Å². The molecule has 0 spiro atoms. The molecule has 1 atom stereocenters. The number of hydrogen-bond donors (Lipinski definition) is 0. The Labute approximate surface area is 124 Å². The van der Waals surface area contributed by atoms with Crippen LogP contribution in [0.25, 0.3) is 0 Å². The van der Waals surface area contributed by atoms with Crippen LogP contribution in [0.1, 0.15) is 20.8 Å². The second kappa shape index (κ2) is 5.61. The van der Waals surface area contributed by atoms with Gasteiger partial charge in [0.25, 0.3) is 0 Å². The number of alkyl halides is 1. The van der Waals surface area contributed by atoms with Crippen molar-refractivity contribution in [3.8, 4) is 0 Å². The summed E-state index contributed by atoms with van der Waals surface area (Å²) in [5, 5.41) is -0.764. The molecule has 1 aliphatic heterocycles. The lowest BCUT2D eigenvalue weighted by atomic mass is 9.98. The van der Waals surface area contributed by atoms with Gasteiger partial charge in [0.2, 0.25) is 5.78 Å². The Balaban J connectivity index is 1.82. The lowest BCUT2D eigenvalue weighted by molar-refractivity contribution is -0.114. The molecule has 2 heterocycles. The minimum Gasteiger partial charge on any atom is -0.345 e. The summed E-state index contributed by atoms with van der Waals surface area (Å²) in [5.41, 5.74) is 0.120. The van der Waals surface area contributed by atoms with Gasteiger partial charge in [-0.2, -0.15) is 0 Å². The van der Waals surface area contributed by atoms with Gasteiger partial charge in [-0.15, -0.1) is 22.9 Å². The molecule has 2 aliphatic rings. The molecule has 1 aromatic rings. The first-order valence-corrected chi connectivity index (χ1v) is 7.36. The van der Waals surface area contributed by atoms with E-state index in [1.165, 1.54) is 17.4 Å². The predicted octanol–water partition coefficient (Wildman–Crippen LogP) is 2.65. The van der Waals surface area contributed by atoms with E-state index in [0.29, 0.717) is 18.1 Å². The lowest BCUT2D eigenvalue weighted by Crippen LogP contribution is -2.22. The molecule has 1 aliphatic carbocycles. The van der Waals surface area contributed by atoms with Crippen molar-refractivity contribution in [3.05, 3.63) is 45.7 Å². The minimum absolute atomic E-state index is 0.120. The molecular weight excluding hydrogens is 300 g/mol. The maximum absolute atomic E-state index is 12.3. The van der Waals surface area contributed by atoms with Crippen molar-refractivity contribution in [1.29, 1.82) is 0 Å². The molecule has 1 fully saturated rings. The summed E-state index contributed by atoms with van der Waals surface area (Å²) < 4.78 is 10.8. The summed E-state index contributed by atoms with van der Waals surface area (Å²) in [6.45, 7) is 1.10. The Morgan fingerprint density at radius 1 is 1.30 bits per heavy atom. The summed E-state index contributed by atoms with van der Waals surface area (Å²) >= 11 is 7.11. The van der Waals surface area contributed by atoms with Gasteiger partial charge in [0.05, 0.1) is 28.5 Å². The van der Waals surface area contributed by atoms with E-state index in [9.17, 15) is 9.59 Å². The molecule has 0 amide bonds. The summed E-state index contributed by atoms with van der Waals surface area (Å²) in [5.74, 6) is -0.665. The Hall–Kier alpha value is -1.27. The SMILES string of the molecule is O=C(C1=CC=CC(Cl)C1=O)c1ccc(C2OCCO2)s1. The first kappa shape index (κ1) is 13.7. The van der Waals surface area contributed by atoms with Crippen LogP contribution in [0.5, 0.6) is 0 Å². The second-order valence-electron chi connectivity index (χ2n) is 4.34. The summed E-state index contributed by atoms with van der Waals surface area (Å²) in [6, 6.07) is 3.47. The average Bonchev–Trinajstić information content (AvgIpc) is 3.11. The van der Waals surface area contributed by atoms with E-state index in [-0.39, 0.29) is 17.1 Å². The molecule has 0 N–H and O–H groups in total. The van der Waals surface area contributed by atoms with Gasteiger partial charge in [0.1, 0.15) is 5.38 Å². The standard InChI is InChI=1S/C14H11ClO4S/c15-9-3-1-2-8(12(9)16)13(17)10-4-5-11(20-10)14-18-6-7-19-14/h1-5,9,14H,6-7H2. The smallest absolute Gasteiger partial charge is 0.206 e. The van der Waals surface area contributed by atoms with Crippen LogP contribution in [0.15, 0.2) is 35.9 Å². The number of allylic oxidation sites excluding steroid dienone is 4. The van der Waals surface area contributed by atoms with Gasteiger partial charge in [-0.1, -0.05) is 12.2 Å². The number of rotatable bonds is 3. The number of carbonyl (C=O) groups excluding carboxylic acids is 2. The molecule has 0 bridgehead atoms. The Bertz CT molecular complexity index is 610. The van der Waals surface area contributed by atoms with Crippen molar-refractivity contribution >= 4 is 34.5 Å². The summed E-state index contributed by atoms with van der Waals surface area (Å²) in [6.07, 6.45) is 4.29. The third kappa shape index (κ3) is 2.50. The highest BCUT2D eigenvalue weighted by molar-refractivity contribution is 7.14. The average molecular weight is 311 g/mol. The fourth-order valence-electron chi connectivity index (χ4n) is 2.01. The van der Waals surface area contributed by atoms with Crippen LogP contribution in [0, 0.1) is 0 Å². The number of hydrogen-bond acceptors (Lipinski definition) is 5. The van der Waals surface area contributed by atoms with Crippen LogP contribution in [0.4, 0.5) is 0 Å². The molecule has 0 radical (unpaired) electrons. The number of ketones is 2. The van der Waals surface area contributed by atoms with Crippen molar-refractivity contribution < 1.29 is 19.1 Å². The van der Waals surface area contributed by atoms with Gasteiger partial charge < -0.3 is 9.47 Å². The second-order valence-corrected chi connectivity index (χ2v) is 5.92. The quantitative estimate of drug-likeness (QED) is 0.489. The van der Waals surface area contributed by atoms with E-state index in [0.717, 1.165) is 4.88 Å². The van der Waals surface area contributed by atoms with Crippen LogP contribution >= 0.6 is 22.9 Å². The zero-order valence-electron chi connectivity index (χ0n) is 10.4. The predicted molar refractivity (Wildman–Crippen MR) is 75.2 cm³/mol. The maximum atomic E-state index is 12.3. The van der Waals surface area contributed by atoms with E-state index < -0.39 is 11.7 Å². The third-order valence-corrected chi connectivity index (χ3v) is 4.46. The van der Waals surface area contributed by atoms with Crippen LogP contribution in [0.2, 0.25) is 0 Å². The molecule has 3 rings (SSSR count). The van der Waals surface area contributed by atoms with Gasteiger partial charge in [-0.25, -0.2) is 0 Å². The zero-order valence-corrected chi connectivity index (χ0v) is 11.9. The van der Waals surface area contributed by atoms with Gasteiger partial charge in [-0.3, -0.25) is 9.59 Å². The van der Waals surface area contributed by atoms with Crippen molar-refractivity contribution in [2.24, 2.45) is 0 Å². The van der Waals surface area contributed by atoms with Crippen molar-refractivity contribution in [3.63, 3.8) is 0 Å². The third-order valence-electron chi connectivity index (χ3n) is 3.01. The fraction of sp³-hybridized carbons (Fsp3) is 0.286. The Kier molecular flexibility index (Phi) is 3.85. The summed E-state index contributed by atoms with van der Waals surface area (Å²) in [4.78, 5) is 25.5. The molecule has 4 nitrogen and oxygen atoms in total. The number of Topliss-reactive ketones (excluding diaryl/α,β-unsaturated/α-hetero) is 2. The normalized spacial score (nSPS) is 23.1. The van der Waals surface area contributed by atoms with E-state index in [4.69, 9.17) is 21.1 Å². The molecular formula is C14H11ClO4S. The van der Waals surface area contributed by atoms with Crippen molar-refractivity contribution in [1.82, 2.24) is 0 Å². The van der Waals surface area contributed by atoms with E-state index in [1.54, 1.807) is 24.3 Å². The van der Waals surface area contributed by atoms with Gasteiger partial charge >= 0.3 is 0 Å². The molecule has 1 unspecified atom stereocenters. The molecule has 104 valence electrons. The highest BCUT2D eigenvalue weighted by Crippen LogP contribution is 2.31. The molecule has 20 heavy (non-hydrogen) atoms. The maximum Gasteiger partial charge on any atom is 0.206 e. The number of carbonyl (C=O) groups is 2. The van der Waals surface area contributed by atoms with Crippen LogP contribution in [-0.2, 0) is 14.3 Å². The van der Waals surface area contributed by atoms with Gasteiger partial charge in [0, 0.05) is 0 Å². The topological polar surface area (TPSA) is 52.6 Å². The van der Waals surface area contributed by atoms with Crippen molar-refractivity contribution in [2.75, 3.05) is 13.2 Å². The Morgan fingerprint density at radius 3 is 2.80 bits per heavy atom. The molecule has 0 saturated carbocycles. The number of thiophene rings is 1. The van der Waals surface area contributed by atoms with Gasteiger partial charge in [-0.05, 0) is 18.2 Å². The Morgan fingerprint density at radius 2 is 2.05 bits per heavy atom. The largest absolute Gasteiger partial charge is 0.345 e. The van der Waals surface area contributed by atoms with E-state index in [2.05, 4.69) is 0 Å². The molecule has 1 saturated heterocycles. The van der Waals surface area contributed by atoms with Crippen LogP contribution in [-0.4, -0.2) is 30.2 Å². The molecule has 0 aromatic carbocycles. The van der Waals surface area contributed by atoms with Crippen LogP contribution < -0.4 is 0 Å². The first-order chi connectivity index (χ1) is 9.66. The molecule has 1 aromatic heterocycles. The first-order valence-electron chi connectivity index (χ1n) is 6.11. The van der Waals surface area contributed by atoms with Crippen molar-refractivity contribution in [2.45, 2.75) is 11.7 Å².